The third-order valence-electron chi connectivity index (χ3n) is 2.18. The molecular formula is C10H9NO4. The second-order valence-corrected chi connectivity index (χ2v) is 3.07. The van der Waals surface area contributed by atoms with Crippen LogP contribution < -0.4 is 4.74 Å². The predicted molar refractivity (Wildman–Crippen MR) is 53.5 cm³/mol. The van der Waals surface area contributed by atoms with Gasteiger partial charge in [-0.3, -0.25) is 0 Å². The fourth-order valence-corrected chi connectivity index (χ4v) is 1.45. The molecule has 0 amide bonds. The number of H-pyrrole nitrogens is 1. The van der Waals surface area contributed by atoms with Crippen LogP contribution in [0, 0.1) is 0 Å². The molecule has 0 saturated heterocycles. The molecular weight excluding hydrogens is 198 g/mol. The van der Waals surface area contributed by atoms with Crippen LogP contribution in [-0.2, 0) is 0 Å². The molecule has 0 unspecified atom stereocenters. The number of aromatic carboxylic acids is 1. The van der Waals surface area contributed by atoms with E-state index in [-0.39, 0.29) is 11.4 Å². The van der Waals surface area contributed by atoms with Gasteiger partial charge >= 0.3 is 5.97 Å². The Kier molecular flexibility index (Phi) is 2.00. The van der Waals surface area contributed by atoms with Crippen molar-refractivity contribution in [2.75, 3.05) is 7.11 Å². The van der Waals surface area contributed by atoms with Crippen molar-refractivity contribution in [3.63, 3.8) is 0 Å². The topological polar surface area (TPSA) is 82.5 Å². The van der Waals surface area contributed by atoms with E-state index in [0.29, 0.717) is 16.7 Å². The zero-order chi connectivity index (χ0) is 11.0. The highest BCUT2D eigenvalue weighted by Crippen LogP contribution is 2.33. The lowest BCUT2D eigenvalue weighted by Crippen LogP contribution is -1.94. The molecule has 0 radical (unpaired) electrons. The van der Waals surface area contributed by atoms with Crippen molar-refractivity contribution in [3.8, 4) is 11.5 Å². The number of ether oxygens (including phenoxy) is 1. The molecule has 5 nitrogen and oxygen atoms in total. The first-order valence-corrected chi connectivity index (χ1v) is 4.25. The highest BCUT2D eigenvalue weighted by molar-refractivity contribution is 5.96. The zero-order valence-electron chi connectivity index (χ0n) is 7.94. The summed E-state index contributed by atoms with van der Waals surface area (Å²) in [7, 11) is 1.43. The third-order valence-corrected chi connectivity index (χ3v) is 2.18. The Morgan fingerprint density at radius 3 is 2.80 bits per heavy atom. The maximum absolute atomic E-state index is 10.7. The Morgan fingerprint density at radius 2 is 2.20 bits per heavy atom. The number of benzene rings is 1. The number of hydrogen-bond acceptors (Lipinski definition) is 3. The molecule has 2 aromatic rings. The van der Waals surface area contributed by atoms with Crippen molar-refractivity contribution in [2.45, 2.75) is 0 Å². The molecule has 1 aromatic heterocycles. The van der Waals surface area contributed by atoms with Crippen molar-refractivity contribution in [1.29, 1.82) is 0 Å². The summed E-state index contributed by atoms with van der Waals surface area (Å²) < 4.78 is 4.91. The lowest BCUT2D eigenvalue weighted by Gasteiger charge is -2.02. The van der Waals surface area contributed by atoms with Gasteiger partial charge in [-0.1, -0.05) is 0 Å². The Bertz CT molecular complexity index is 529. The molecule has 78 valence electrons. The minimum absolute atomic E-state index is 0.0357. The third kappa shape index (κ3) is 1.38. The first kappa shape index (κ1) is 9.39. The van der Waals surface area contributed by atoms with Gasteiger partial charge in [0.05, 0.1) is 12.6 Å². The molecule has 0 aliphatic carbocycles. The second kappa shape index (κ2) is 3.20. The Morgan fingerprint density at radius 1 is 1.47 bits per heavy atom. The summed E-state index contributed by atoms with van der Waals surface area (Å²) in [5, 5.41) is 19.1. The van der Waals surface area contributed by atoms with Crippen LogP contribution in [0.5, 0.6) is 11.5 Å². The number of fused-ring (bicyclic) bond motifs is 1. The largest absolute Gasteiger partial charge is 0.503 e. The molecule has 0 spiro atoms. The molecule has 5 heteroatoms. The van der Waals surface area contributed by atoms with E-state index in [9.17, 15) is 9.90 Å². The number of aromatic hydroxyl groups is 1. The summed E-state index contributed by atoms with van der Waals surface area (Å²) in [6, 6.07) is 4.71. The highest BCUT2D eigenvalue weighted by Gasteiger charge is 2.12. The van der Waals surface area contributed by atoms with Crippen LogP contribution in [0.3, 0.4) is 0 Å². The van der Waals surface area contributed by atoms with Gasteiger partial charge in [0.15, 0.2) is 11.5 Å². The maximum Gasteiger partial charge on any atom is 0.352 e. The number of phenolic OH excluding ortho intramolecular Hbond substituents is 1. The standard InChI is InChI=1S/C10H9NO4/c1-15-7-3-2-5-4-6(10(13)14)11-8(5)9(7)12/h2-4,11-12H,1H3,(H,13,14). The van der Waals surface area contributed by atoms with Crippen LogP contribution in [0.4, 0.5) is 0 Å². The molecule has 3 N–H and O–H groups in total. The number of carboxylic acids is 1. The first-order valence-electron chi connectivity index (χ1n) is 4.25. The van der Waals surface area contributed by atoms with E-state index in [2.05, 4.69) is 4.98 Å². The van der Waals surface area contributed by atoms with Gasteiger partial charge in [0.1, 0.15) is 5.69 Å². The molecule has 0 fully saturated rings. The van der Waals surface area contributed by atoms with Crippen molar-refractivity contribution < 1.29 is 19.7 Å². The fraction of sp³-hybridized carbons (Fsp3) is 0.100. The lowest BCUT2D eigenvalue weighted by molar-refractivity contribution is 0.0691. The molecule has 2 rings (SSSR count). The van der Waals surface area contributed by atoms with E-state index in [1.54, 1.807) is 12.1 Å². The van der Waals surface area contributed by atoms with E-state index >= 15 is 0 Å². The van der Waals surface area contributed by atoms with Gasteiger partial charge in [-0.25, -0.2) is 4.79 Å². The molecule has 0 aliphatic heterocycles. The quantitative estimate of drug-likeness (QED) is 0.698. The monoisotopic (exact) mass is 207 g/mol. The van der Waals surface area contributed by atoms with E-state index in [0.717, 1.165) is 0 Å². The van der Waals surface area contributed by atoms with Crippen LogP contribution in [0.15, 0.2) is 18.2 Å². The lowest BCUT2D eigenvalue weighted by atomic mass is 10.2. The smallest absolute Gasteiger partial charge is 0.352 e. The predicted octanol–water partition coefficient (Wildman–Crippen LogP) is 1.58. The molecule has 0 bridgehead atoms. The van der Waals surface area contributed by atoms with Crippen LogP contribution in [-0.4, -0.2) is 28.3 Å². The van der Waals surface area contributed by atoms with E-state index in [1.165, 1.54) is 13.2 Å². The van der Waals surface area contributed by atoms with Gasteiger partial charge in [0, 0.05) is 5.39 Å². The van der Waals surface area contributed by atoms with Gasteiger partial charge in [-0.05, 0) is 18.2 Å². The van der Waals surface area contributed by atoms with E-state index in [1.807, 2.05) is 0 Å². The molecule has 0 saturated carbocycles. The molecule has 1 aromatic carbocycles. The number of aromatic amines is 1. The SMILES string of the molecule is COc1ccc2cc(C(=O)O)[nH]c2c1O. The highest BCUT2D eigenvalue weighted by atomic mass is 16.5. The summed E-state index contributed by atoms with van der Waals surface area (Å²) in [4.78, 5) is 13.3. The average molecular weight is 207 g/mol. The van der Waals surface area contributed by atoms with Crippen molar-refractivity contribution >= 4 is 16.9 Å². The zero-order valence-corrected chi connectivity index (χ0v) is 7.94. The Hall–Kier alpha value is -2.17. The summed E-state index contributed by atoms with van der Waals surface area (Å²) in [6.45, 7) is 0. The number of aromatic nitrogens is 1. The summed E-state index contributed by atoms with van der Waals surface area (Å²) in [5.74, 6) is -0.839. The van der Waals surface area contributed by atoms with Crippen LogP contribution >= 0.6 is 0 Å². The van der Waals surface area contributed by atoms with Crippen molar-refractivity contribution in [2.24, 2.45) is 0 Å². The molecule has 1 heterocycles. The van der Waals surface area contributed by atoms with Gasteiger partial charge in [-0.15, -0.1) is 0 Å². The minimum Gasteiger partial charge on any atom is -0.503 e. The fourth-order valence-electron chi connectivity index (χ4n) is 1.45. The molecule has 0 aliphatic rings. The maximum atomic E-state index is 10.7. The molecule has 0 atom stereocenters. The van der Waals surface area contributed by atoms with Gasteiger partial charge in [0.2, 0.25) is 0 Å². The van der Waals surface area contributed by atoms with Crippen LogP contribution in [0.25, 0.3) is 10.9 Å². The number of nitrogens with one attached hydrogen (secondary N) is 1. The van der Waals surface area contributed by atoms with Gasteiger partial charge in [-0.2, -0.15) is 0 Å². The number of carbonyl (C=O) groups is 1. The van der Waals surface area contributed by atoms with Gasteiger partial charge < -0.3 is 19.9 Å². The van der Waals surface area contributed by atoms with Crippen LogP contribution in [0.1, 0.15) is 10.5 Å². The number of rotatable bonds is 2. The van der Waals surface area contributed by atoms with E-state index < -0.39 is 5.97 Å². The van der Waals surface area contributed by atoms with E-state index in [4.69, 9.17) is 9.84 Å². The average Bonchev–Trinajstić information content (AvgIpc) is 2.63. The number of phenols is 1. The number of hydrogen-bond donors (Lipinski definition) is 3. The van der Waals surface area contributed by atoms with Gasteiger partial charge in [0.25, 0.3) is 0 Å². The first-order chi connectivity index (χ1) is 7.13. The van der Waals surface area contributed by atoms with Crippen molar-refractivity contribution in [1.82, 2.24) is 4.98 Å². The summed E-state index contributed by atoms with van der Waals surface area (Å²) in [5.41, 5.74) is 0.403. The number of methoxy groups -OCH3 is 1. The Balaban J connectivity index is 2.71. The molecule has 15 heavy (non-hydrogen) atoms. The summed E-state index contributed by atoms with van der Waals surface area (Å²) >= 11 is 0. The normalized spacial score (nSPS) is 10.5. The summed E-state index contributed by atoms with van der Waals surface area (Å²) in [6.07, 6.45) is 0. The minimum atomic E-state index is -1.07. The van der Waals surface area contributed by atoms with Crippen molar-refractivity contribution in [3.05, 3.63) is 23.9 Å². The number of carboxylic acid groups (broad SMARTS) is 1. The van der Waals surface area contributed by atoms with Crippen LogP contribution in [0.2, 0.25) is 0 Å². The Labute approximate surface area is 84.9 Å². The second-order valence-electron chi connectivity index (χ2n) is 3.07.